The highest BCUT2D eigenvalue weighted by molar-refractivity contribution is 5.44. The van der Waals surface area contributed by atoms with Crippen molar-refractivity contribution in [2.75, 3.05) is 33.9 Å². The number of hydrogen-bond donors (Lipinski definition) is 2. The van der Waals surface area contributed by atoms with Crippen molar-refractivity contribution in [3.05, 3.63) is 23.8 Å². The minimum atomic E-state index is -0.461. The molecule has 94 valence electrons. The predicted molar refractivity (Wildman–Crippen MR) is 64.7 cm³/mol. The van der Waals surface area contributed by atoms with E-state index in [4.69, 9.17) is 9.47 Å². The molecule has 4 nitrogen and oxygen atoms in total. The predicted octanol–water partition coefficient (Wildman–Crippen LogP) is 0.0258. The van der Waals surface area contributed by atoms with Crippen LogP contribution < -0.4 is 14.4 Å². The topological polar surface area (TPSA) is 43.1 Å². The van der Waals surface area contributed by atoms with Crippen molar-refractivity contribution >= 4 is 0 Å². The molecular weight excluding hydrogens is 218 g/mol. The van der Waals surface area contributed by atoms with Crippen LogP contribution >= 0.6 is 0 Å². The van der Waals surface area contributed by atoms with Gasteiger partial charge >= 0.3 is 0 Å². The number of aliphatic hydroxyl groups is 1. The van der Waals surface area contributed by atoms with Gasteiger partial charge in [-0.15, -0.1) is 0 Å². The maximum atomic E-state index is 10.0. The van der Waals surface area contributed by atoms with Gasteiger partial charge in [0, 0.05) is 6.42 Å². The molecule has 0 fully saturated rings. The van der Waals surface area contributed by atoms with Gasteiger partial charge in [0.15, 0.2) is 11.5 Å². The summed E-state index contributed by atoms with van der Waals surface area (Å²) in [4.78, 5) is 1.21. The van der Waals surface area contributed by atoms with Gasteiger partial charge in [0.1, 0.15) is 12.6 Å². The molecule has 0 spiro atoms. The summed E-state index contributed by atoms with van der Waals surface area (Å²) in [5, 5.41) is 10.0. The molecule has 1 aliphatic heterocycles. The Bertz CT molecular complexity index is 379. The molecule has 0 unspecified atom stereocenters. The lowest BCUT2D eigenvalue weighted by Crippen LogP contribution is -3.06. The van der Waals surface area contributed by atoms with E-state index in [0.29, 0.717) is 19.8 Å². The Kier molecular flexibility index (Phi) is 3.86. The molecule has 17 heavy (non-hydrogen) atoms. The van der Waals surface area contributed by atoms with Gasteiger partial charge in [-0.25, -0.2) is 0 Å². The number of likely N-dealkylation sites (N-methyl/N-ethyl adjacent to an activating group) is 1. The molecule has 0 saturated carbocycles. The number of fused-ring (bicyclic) bond motifs is 1. The molecule has 1 aliphatic rings. The van der Waals surface area contributed by atoms with Crippen molar-refractivity contribution in [3.63, 3.8) is 0 Å². The minimum absolute atomic E-state index is 0.461. The first kappa shape index (κ1) is 12.2. The van der Waals surface area contributed by atoms with Crippen LogP contribution in [0.1, 0.15) is 18.1 Å². The van der Waals surface area contributed by atoms with Gasteiger partial charge in [-0.2, -0.15) is 0 Å². The highest BCUT2D eigenvalue weighted by Gasteiger charge is 2.16. The van der Waals surface area contributed by atoms with Crippen molar-refractivity contribution in [3.8, 4) is 11.5 Å². The average molecular weight is 238 g/mol. The summed E-state index contributed by atoms with van der Waals surface area (Å²) in [5.74, 6) is 1.52. The summed E-state index contributed by atoms with van der Waals surface area (Å²) >= 11 is 0. The molecule has 0 aromatic heterocycles. The van der Waals surface area contributed by atoms with Gasteiger partial charge in [-0.05, 0) is 17.7 Å². The Labute approximate surface area is 102 Å². The zero-order chi connectivity index (χ0) is 12.3. The second kappa shape index (κ2) is 5.38. The molecule has 0 aliphatic carbocycles. The molecule has 0 amide bonds. The van der Waals surface area contributed by atoms with E-state index in [2.05, 4.69) is 0 Å². The zero-order valence-corrected chi connectivity index (χ0v) is 10.4. The number of nitrogens with one attached hydrogen (secondary N) is 1. The smallest absolute Gasteiger partial charge is 0.161 e. The van der Waals surface area contributed by atoms with Crippen LogP contribution in [0.15, 0.2) is 18.2 Å². The van der Waals surface area contributed by atoms with Crippen molar-refractivity contribution in [1.29, 1.82) is 0 Å². The van der Waals surface area contributed by atoms with E-state index in [1.165, 1.54) is 4.90 Å². The van der Waals surface area contributed by atoms with Crippen LogP contribution in [0.3, 0.4) is 0 Å². The van der Waals surface area contributed by atoms with E-state index in [1.54, 1.807) is 0 Å². The van der Waals surface area contributed by atoms with Crippen molar-refractivity contribution in [2.24, 2.45) is 0 Å². The van der Waals surface area contributed by atoms with Gasteiger partial charge in [0.2, 0.25) is 0 Å². The van der Waals surface area contributed by atoms with Crippen LogP contribution in [-0.4, -0.2) is 39.0 Å². The molecule has 0 saturated heterocycles. The van der Waals surface area contributed by atoms with E-state index in [9.17, 15) is 5.11 Å². The third kappa shape index (κ3) is 3.11. The Morgan fingerprint density at radius 2 is 1.94 bits per heavy atom. The van der Waals surface area contributed by atoms with Crippen LogP contribution in [0.2, 0.25) is 0 Å². The highest BCUT2D eigenvalue weighted by Crippen LogP contribution is 2.31. The maximum Gasteiger partial charge on any atom is 0.161 e. The molecule has 1 heterocycles. The second-order valence-corrected chi connectivity index (χ2v) is 4.68. The largest absolute Gasteiger partial charge is 0.490 e. The minimum Gasteiger partial charge on any atom is -0.490 e. The van der Waals surface area contributed by atoms with Gasteiger partial charge < -0.3 is 19.5 Å². The van der Waals surface area contributed by atoms with E-state index in [1.807, 2.05) is 32.3 Å². The SMILES string of the molecule is C[NH+](C)C[C@@H](O)c1ccc2c(c1)OCCCO2. The summed E-state index contributed by atoms with van der Waals surface area (Å²) in [6.07, 6.45) is 0.436. The normalized spacial score (nSPS) is 16.7. The van der Waals surface area contributed by atoms with Crippen LogP contribution in [0.4, 0.5) is 0 Å². The van der Waals surface area contributed by atoms with Crippen molar-refractivity contribution in [2.45, 2.75) is 12.5 Å². The second-order valence-electron chi connectivity index (χ2n) is 4.68. The van der Waals surface area contributed by atoms with E-state index >= 15 is 0 Å². The Morgan fingerprint density at radius 1 is 1.24 bits per heavy atom. The fraction of sp³-hybridized carbons (Fsp3) is 0.538. The molecule has 4 heteroatoms. The average Bonchev–Trinajstić information content (AvgIpc) is 2.51. The first-order valence-electron chi connectivity index (χ1n) is 6.03. The fourth-order valence-corrected chi connectivity index (χ4v) is 1.89. The monoisotopic (exact) mass is 238 g/mol. The number of benzene rings is 1. The number of ether oxygens (including phenoxy) is 2. The molecule has 0 radical (unpaired) electrons. The molecule has 0 bridgehead atoms. The quantitative estimate of drug-likeness (QED) is 0.780. The third-order valence-electron chi connectivity index (χ3n) is 2.76. The molecule has 1 aromatic carbocycles. The lowest BCUT2D eigenvalue weighted by atomic mass is 10.1. The van der Waals surface area contributed by atoms with E-state index < -0.39 is 6.10 Å². The summed E-state index contributed by atoms with van der Waals surface area (Å²) in [7, 11) is 4.04. The summed E-state index contributed by atoms with van der Waals surface area (Å²) in [6, 6.07) is 5.67. The Morgan fingerprint density at radius 3 is 2.65 bits per heavy atom. The van der Waals surface area contributed by atoms with Gasteiger partial charge in [0.25, 0.3) is 0 Å². The lowest BCUT2D eigenvalue weighted by Gasteiger charge is -2.15. The van der Waals surface area contributed by atoms with Gasteiger partial charge in [-0.1, -0.05) is 6.07 Å². The molecular formula is C13H20NO3+. The van der Waals surface area contributed by atoms with Crippen LogP contribution in [0, 0.1) is 0 Å². The summed E-state index contributed by atoms with van der Waals surface area (Å²) in [6.45, 7) is 2.04. The van der Waals surface area contributed by atoms with Crippen molar-refractivity contribution < 1.29 is 19.5 Å². The van der Waals surface area contributed by atoms with E-state index in [0.717, 1.165) is 23.5 Å². The first-order valence-corrected chi connectivity index (χ1v) is 6.03. The molecule has 2 rings (SSSR count). The highest BCUT2D eigenvalue weighted by atomic mass is 16.5. The van der Waals surface area contributed by atoms with E-state index in [-0.39, 0.29) is 0 Å². The maximum absolute atomic E-state index is 10.0. The lowest BCUT2D eigenvalue weighted by molar-refractivity contribution is -0.862. The number of aliphatic hydroxyl groups excluding tert-OH is 1. The Hall–Kier alpha value is -1.26. The van der Waals surface area contributed by atoms with Crippen LogP contribution in [0.5, 0.6) is 11.5 Å². The standard InChI is InChI=1S/C13H19NO3/c1-14(2)9-11(15)10-4-5-12-13(8-10)17-7-3-6-16-12/h4-5,8,11,15H,3,6-7,9H2,1-2H3/p+1/t11-/m1/s1. The first-order chi connectivity index (χ1) is 8.16. The molecule has 1 atom stereocenters. The van der Waals surface area contributed by atoms with Gasteiger partial charge in [-0.3, -0.25) is 0 Å². The summed E-state index contributed by atoms with van der Waals surface area (Å²) < 4.78 is 11.2. The number of rotatable bonds is 3. The Balaban J connectivity index is 2.17. The van der Waals surface area contributed by atoms with Gasteiger partial charge in [0.05, 0.1) is 27.3 Å². The van der Waals surface area contributed by atoms with Crippen LogP contribution in [0.25, 0.3) is 0 Å². The summed E-state index contributed by atoms with van der Waals surface area (Å²) in [5.41, 5.74) is 0.885. The zero-order valence-electron chi connectivity index (χ0n) is 10.4. The molecule has 2 N–H and O–H groups in total. The van der Waals surface area contributed by atoms with Crippen LogP contribution in [-0.2, 0) is 0 Å². The number of hydrogen-bond acceptors (Lipinski definition) is 3. The molecule has 1 aromatic rings. The van der Waals surface area contributed by atoms with Crippen molar-refractivity contribution in [1.82, 2.24) is 0 Å². The number of quaternary nitrogens is 1. The fourth-order valence-electron chi connectivity index (χ4n) is 1.89. The third-order valence-corrected chi connectivity index (χ3v) is 2.76.